The predicted octanol–water partition coefficient (Wildman–Crippen LogP) is 2.60. The number of aromatic carboxylic acids is 1. The molecule has 0 aromatic heterocycles. The number of halogens is 2. The molecule has 0 aliphatic heterocycles. The van der Waals surface area contributed by atoms with Crippen LogP contribution in [-0.4, -0.2) is 22.4 Å². The zero-order valence-electron chi connectivity index (χ0n) is 8.33. The number of benzene rings is 1. The number of hydrogen-bond donors (Lipinski definition) is 2. The van der Waals surface area contributed by atoms with Crippen LogP contribution in [0.2, 0.25) is 5.02 Å². The minimum absolute atomic E-state index is 0.0323. The summed E-state index contributed by atoms with van der Waals surface area (Å²) in [5, 5.41) is 10.9. The van der Waals surface area contributed by atoms with Gasteiger partial charge in [-0.3, -0.25) is 4.79 Å². The molecule has 0 bridgehead atoms. The Kier molecular flexibility index (Phi) is 4.15. The van der Waals surface area contributed by atoms with Crippen molar-refractivity contribution in [3.05, 3.63) is 28.8 Å². The van der Waals surface area contributed by atoms with Crippen molar-refractivity contribution in [1.82, 2.24) is 0 Å². The van der Waals surface area contributed by atoms with E-state index in [2.05, 4.69) is 5.32 Å². The number of amides is 1. The quantitative estimate of drug-likeness (QED) is 0.823. The number of alkyl halides is 1. The summed E-state index contributed by atoms with van der Waals surface area (Å²) in [7, 11) is 0. The number of carboxylic acids is 1. The Labute approximate surface area is 102 Å². The summed E-state index contributed by atoms with van der Waals surface area (Å²) in [5.74, 6) is -1.62. The highest BCUT2D eigenvalue weighted by atomic mass is 35.5. The highest BCUT2D eigenvalue weighted by molar-refractivity contribution is 6.33. The van der Waals surface area contributed by atoms with Crippen LogP contribution in [0.5, 0.6) is 0 Å². The molecule has 0 saturated carbocycles. The fourth-order valence-corrected chi connectivity index (χ4v) is 1.27. The molecule has 0 unspecified atom stereocenters. The highest BCUT2D eigenvalue weighted by Crippen LogP contribution is 2.21. The van der Waals surface area contributed by atoms with Gasteiger partial charge in [0.05, 0.1) is 11.3 Å². The van der Waals surface area contributed by atoms with Crippen LogP contribution >= 0.6 is 23.2 Å². The van der Waals surface area contributed by atoms with Crippen molar-refractivity contribution in [1.29, 1.82) is 0 Å². The van der Waals surface area contributed by atoms with Gasteiger partial charge in [0, 0.05) is 5.02 Å². The van der Waals surface area contributed by atoms with Crippen LogP contribution in [0.25, 0.3) is 0 Å². The molecule has 2 N–H and O–H groups in total. The minimum Gasteiger partial charge on any atom is -0.478 e. The van der Waals surface area contributed by atoms with Crippen molar-refractivity contribution < 1.29 is 14.7 Å². The number of nitrogens with one attached hydrogen (secondary N) is 1. The fourth-order valence-electron chi connectivity index (χ4n) is 1.04. The second-order valence-electron chi connectivity index (χ2n) is 3.10. The van der Waals surface area contributed by atoms with Crippen LogP contribution in [0.4, 0.5) is 5.69 Å². The molecular formula is C10H9Cl2NO3. The zero-order chi connectivity index (χ0) is 12.3. The first-order valence-corrected chi connectivity index (χ1v) is 5.21. The first kappa shape index (κ1) is 12.8. The SMILES string of the molecule is C[C@@H](Cl)C(=O)Nc1cc(Cl)ccc1C(=O)O. The third kappa shape index (κ3) is 3.12. The van der Waals surface area contributed by atoms with Gasteiger partial charge in [0.25, 0.3) is 0 Å². The average Bonchev–Trinajstić information content (AvgIpc) is 2.16. The van der Waals surface area contributed by atoms with E-state index in [1.807, 2.05) is 0 Å². The molecular weight excluding hydrogens is 253 g/mol. The molecule has 4 nitrogen and oxygen atoms in total. The molecule has 0 spiro atoms. The lowest BCUT2D eigenvalue weighted by molar-refractivity contribution is -0.115. The van der Waals surface area contributed by atoms with E-state index >= 15 is 0 Å². The summed E-state index contributed by atoms with van der Waals surface area (Å²) in [6.45, 7) is 1.49. The van der Waals surface area contributed by atoms with E-state index in [-0.39, 0.29) is 11.3 Å². The van der Waals surface area contributed by atoms with Gasteiger partial charge in [-0.05, 0) is 25.1 Å². The molecule has 0 fully saturated rings. The molecule has 1 atom stereocenters. The second kappa shape index (κ2) is 5.18. The molecule has 0 radical (unpaired) electrons. The highest BCUT2D eigenvalue weighted by Gasteiger charge is 2.15. The van der Waals surface area contributed by atoms with E-state index < -0.39 is 17.3 Å². The van der Waals surface area contributed by atoms with Crippen molar-refractivity contribution in [3.63, 3.8) is 0 Å². The first-order chi connectivity index (χ1) is 7.41. The Morgan fingerprint density at radius 2 is 2.06 bits per heavy atom. The van der Waals surface area contributed by atoms with Crippen LogP contribution in [0.15, 0.2) is 18.2 Å². The van der Waals surface area contributed by atoms with Crippen molar-refractivity contribution >= 4 is 40.8 Å². The third-order valence-electron chi connectivity index (χ3n) is 1.83. The largest absolute Gasteiger partial charge is 0.478 e. The normalized spacial score (nSPS) is 11.9. The second-order valence-corrected chi connectivity index (χ2v) is 4.19. The van der Waals surface area contributed by atoms with Gasteiger partial charge in [-0.1, -0.05) is 11.6 Å². The lowest BCUT2D eigenvalue weighted by Gasteiger charge is -2.09. The molecule has 0 aliphatic carbocycles. The van der Waals surface area contributed by atoms with Gasteiger partial charge in [0.15, 0.2) is 0 Å². The van der Waals surface area contributed by atoms with Gasteiger partial charge in [-0.15, -0.1) is 11.6 Å². The van der Waals surface area contributed by atoms with Crippen LogP contribution in [0.3, 0.4) is 0 Å². The van der Waals surface area contributed by atoms with Crippen LogP contribution in [-0.2, 0) is 4.79 Å². The van der Waals surface area contributed by atoms with Crippen molar-refractivity contribution in [2.24, 2.45) is 0 Å². The summed E-state index contributed by atoms with van der Waals surface area (Å²) in [4.78, 5) is 22.2. The Hall–Kier alpha value is -1.26. The number of anilines is 1. The summed E-state index contributed by atoms with van der Waals surface area (Å²) in [6, 6.07) is 4.12. The molecule has 1 amide bonds. The van der Waals surface area contributed by atoms with E-state index in [0.29, 0.717) is 5.02 Å². The van der Waals surface area contributed by atoms with Crippen LogP contribution in [0, 0.1) is 0 Å². The molecule has 0 aliphatic rings. The lowest BCUT2D eigenvalue weighted by atomic mass is 10.1. The monoisotopic (exact) mass is 261 g/mol. The molecule has 6 heteroatoms. The summed E-state index contributed by atoms with van der Waals surface area (Å²) in [5.41, 5.74) is 0.104. The number of rotatable bonds is 3. The van der Waals surface area contributed by atoms with E-state index in [0.717, 1.165) is 0 Å². The molecule has 0 heterocycles. The topological polar surface area (TPSA) is 66.4 Å². The Bertz CT molecular complexity index is 432. The summed E-state index contributed by atoms with van der Waals surface area (Å²) >= 11 is 11.3. The smallest absolute Gasteiger partial charge is 0.337 e. The summed E-state index contributed by atoms with van der Waals surface area (Å²) < 4.78 is 0. The molecule has 1 aromatic carbocycles. The molecule has 1 rings (SSSR count). The maximum absolute atomic E-state index is 11.3. The molecule has 1 aromatic rings. The van der Waals surface area contributed by atoms with Gasteiger partial charge in [-0.25, -0.2) is 4.79 Å². The van der Waals surface area contributed by atoms with Crippen molar-refractivity contribution in [2.75, 3.05) is 5.32 Å². The van der Waals surface area contributed by atoms with Gasteiger partial charge < -0.3 is 10.4 Å². The van der Waals surface area contributed by atoms with E-state index in [1.54, 1.807) is 0 Å². The molecule has 86 valence electrons. The number of carboxylic acid groups (broad SMARTS) is 1. The average molecular weight is 262 g/mol. The predicted molar refractivity (Wildman–Crippen MR) is 62.4 cm³/mol. The third-order valence-corrected chi connectivity index (χ3v) is 2.26. The number of carbonyl (C=O) groups excluding carboxylic acids is 1. The van der Waals surface area contributed by atoms with E-state index in [9.17, 15) is 9.59 Å². The molecule has 16 heavy (non-hydrogen) atoms. The maximum atomic E-state index is 11.3. The van der Waals surface area contributed by atoms with E-state index in [1.165, 1.54) is 25.1 Å². The maximum Gasteiger partial charge on any atom is 0.337 e. The van der Waals surface area contributed by atoms with Crippen LogP contribution < -0.4 is 5.32 Å². The Balaban J connectivity index is 3.06. The Morgan fingerprint density at radius 1 is 1.44 bits per heavy atom. The van der Waals surface area contributed by atoms with Crippen molar-refractivity contribution in [3.8, 4) is 0 Å². The number of carbonyl (C=O) groups is 2. The van der Waals surface area contributed by atoms with Crippen molar-refractivity contribution in [2.45, 2.75) is 12.3 Å². The van der Waals surface area contributed by atoms with Gasteiger partial charge in [-0.2, -0.15) is 0 Å². The van der Waals surface area contributed by atoms with E-state index in [4.69, 9.17) is 28.3 Å². The standard InChI is InChI=1S/C10H9Cl2NO3/c1-5(11)9(14)13-8-4-6(12)2-3-7(8)10(15)16/h2-5H,1H3,(H,13,14)(H,15,16)/t5-/m1/s1. The van der Waals surface area contributed by atoms with Gasteiger partial charge in [0.2, 0.25) is 5.91 Å². The van der Waals surface area contributed by atoms with Crippen LogP contribution in [0.1, 0.15) is 17.3 Å². The first-order valence-electron chi connectivity index (χ1n) is 4.39. The Morgan fingerprint density at radius 3 is 2.56 bits per heavy atom. The van der Waals surface area contributed by atoms with Gasteiger partial charge >= 0.3 is 5.97 Å². The lowest BCUT2D eigenvalue weighted by Crippen LogP contribution is -2.21. The fraction of sp³-hybridized carbons (Fsp3) is 0.200. The zero-order valence-corrected chi connectivity index (χ0v) is 9.84. The van der Waals surface area contributed by atoms with Gasteiger partial charge in [0.1, 0.15) is 5.38 Å². The molecule has 0 saturated heterocycles. The summed E-state index contributed by atoms with van der Waals surface area (Å²) in [6.07, 6.45) is 0. The minimum atomic E-state index is -1.14. The number of hydrogen-bond acceptors (Lipinski definition) is 2.